The number of amides is 1. The molecule has 1 amide bonds. The maximum Gasteiger partial charge on any atom is 0.326 e. The van der Waals surface area contributed by atoms with Gasteiger partial charge in [-0.05, 0) is 30.7 Å². The second-order valence-corrected chi connectivity index (χ2v) is 7.22. The van der Waals surface area contributed by atoms with E-state index in [1.807, 2.05) is 13.0 Å². The number of anilines is 1. The Kier molecular flexibility index (Phi) is 7.07. The lowest BCUT2D eigenvalue weighted by Crippen LogP contribution is -2.36. The summed E-state index contributed by atoms with van der Waals surface area (Å²) in [5, 5.41) is 1.98. The molecule has 0 radical (unpaired) electrons. The van der Waals surface area contributed by atoms with Crippen LogP contribution in [0.25, 0.3) is 10.8 Å². The number of aromatic nitrogens is 1. The molecule has 3 rings (SSSR count). The number of carbonyl (C=O) groups excluding carboxylic acids is 2. The van der Waals surface area contributed by atoms with E-state index in [2.05, 4.69) is 4.98 Å². The van der Waals surface area contributed by atoms with Gasteiger partial charge in [-0.15, -0.1) is 0 Å². The second kappa shape index (κ2) is 9.72. The van der Waals surface area contributed by atoms with Crippen LogP contribution in [0.2, 0.25) is 10.2 Å². The van der Waals surface area contributed by atoms with Crippen LogP contribution in [0.1, 0.15) is 30.1 Å². The summed E-state index contributed by atoms with van der Waals surface area (Å²) >= 11 is 12.4. The Bertz CT molecular complexity index is 1030. The first-order valence-corrected chi connectivity index (χ1v) is 10.0. The van der Waals surface area contributed by atoms with Crippen molar-refractivity contribution in [3.8, 4) is 0 Å². The summed E-state index contributed by atoms with van der Waals surface area (Å²) in [6.45, 7) is 2.16. The Labute approximate surface area is 179 Å². The number of halogens is 2. The molecule has 0 fully saturated rings. The van der Waals surface area contributed by atoms with Crippen molar-refractivity contribution >= 4 is 51.5 Å². The Morgan fingerprint density at radius 1 is 1.07 bits per heavy atom. The lowest BCUT2D eigenvalue weighted by Gasteiger charge is -2.22. The molecule has 3 aromatic rings. The van der Waals surface area contributed by atoms with Gasteiger partial charge in [0.05, 0.1) is 11.6 Å². The number of para-hydroxylation sites is 1. The van der Waals surface area contributed by atoms with E-state index in [4.69, 9.17) is 27.9 Å². The van der Waals surface area contributed by atoms with Crippen molar-refractivity contribution < 1.29 is 14.3 Å². The molecule has 2 aromatic carbocycles. The molecule has 0 spiro atoms. The summed E-state index contributed by atoms with van der Waals surface area (Å²) in [5.41, 5.74) is 0.967. The third-order valence-electron chi connectivity index (χ3n) is 4.40. The molecule has 0 unspecified atom stereocenters. The van der Waals surface area contributed by atoms with E-state index in [9.17, 15) is 9.59 Å². The van der Waals surface area contributed by atoms with E-state index < -0.39 is 5.97 Å². The summed E-state index contributed by atoms with van der Waals surface area (Å²) in [6, 6.07) is 14.0. The van der Waals surface area contributed by atoms with Crippen LogP contribution in [0, 0.1) is 0 Å². The molecule has 0 saturated heterocycles. The average Bonchev–Trinajstić information content (AvgIpc) is 2.75. The van der Waals surface area contributed by atoms with Crippen LogP contribution in [0.4, 0.5) is 5.69 Å². The van der Waals surface area contributed by atoms with E-state index in [0.29, 0.717) is 33.7 Å². The molecule has 1 aromatic heterocycles. The van der Waals surface area contributed by atoms with Crippen molar-refractivity contribution in [2.24, 2.45) is 0 Å². The number of pyridine rings is 1. The fourth-order valence-corrected chi connectivity index (χ4v) is 3.28. The third-order valence-corrected chi connectivity index (χ3v) is 5.00. The van der Waals surface area contributed by atoms with Crippen molar-refractivity contribution in [2.75, 3.05) is 18.1 Å². The van der Waals surface area contributed by atoms with Gasteiger partial charge in [0.1, 0.15) is 11.7 Å². The number of hydrogen-bond acceptors (Lipinski definition) is 4. The van der Waals surface area contributed by atoms with E-state index >= 15 is 0 Å². The summed E-state index contributed by atoms with van der Waals surface area (Å²) in [7, 11) is 0. The fraction of sp³-hybridized carbons (Fsp3) is 0.227. The molecule has 5 nitrogen and oxygen atoms in total. The fourth-order valence-electron chi connectivity index (χ4n) is 2.86. The minimum absolute atomic E-state index is 0.188. The van der Waals surface area contributed by atoms with Gasteiger partial charge in [-0.3, -0.25) is 14.5 Å². The average molecular weight is 431 g/mol. The Morgan fingerprint density at radius 3 is 2.55 bits per heavy atom. The molecule has 0 aliphatic rings. The van der Waals surface area contributed by atoms with Crippen molar-refractivity contribution in [3.05, 3.63) is 70.5 Å². The zero-order valence-corrected chi connectivity index (χ0v) is 17.4. The lowest BCUT2D eigenvalue weighted by molar-refractivity contribution is -0.142. The van der Waals surface area contributed by atoms with Crippen LogP contribution >= 0.6 is 23.2 Å². The minimum atomic E-state index is -0.459. The van der Waals surface area contributed by atoms with E-state index in [-0.39, 0.29) is 17.6 Å². The van der Waals surface area contributed by atoms with Gasteiger partial charge >= 0.3 is 5.97 Å². The van der Waals surface area contributed by atoms with Crippen LogP contribution < -0.4 is 4.90 Å². The van der Waals surface area contributed by atoms with Crippen molar-refractivity contribution in [1.29, 1.82) is 0 Å². The SMILES string of the molecule is CCCCOC(=O)CN(C(=O)c1ccc2c(Cl)cnc(Cl)c2c1)c1ccccc1. The van der Waals surface area contributed by atoms with E-state index in [0.717, 1.165) is 12.8 Å². The van der Waals surface area contributed by atoms with Gasteiger partial charge in [-0.2, -0.15) is 0 Å². The van der Waals surface area contributed by atoms with E-state index in [1.165, 1.54) is 11.1 Å². The number of rotatable bonds is 7. The number of unbranched alkanes of at least 4 members (excludes halogenated alkanes) is 1. The normalized spacial score (nSPS) is 10.7. The first-order valence-electron chi connectivity index (χ1n) is 9.27. The van der Waals surface area contributed by atoms with Gasteiger partial charge in [0.2, 0.25) is 0 Å². The predicted octanol–water partition coefficient (Wildman–Crippen LogP) is 5.53. The number of ether oxygens (including phenoxy) is 1. The standard InChI is InChI=1S/C22H20Cl2N2O3/c1-2-3-11-29-20(27)14-26(16-7-5-4-6-8-16)22(28)15-9-10-17-18(12-15)21(24)25-13-19(17)23/h4-10,12-13H,2-3,11,14H2,1H3. The number of hydrogen-bond donors (Lipinski definition) is 0. The Morgan fingerprint density at radius 2 is 1.83 bits per heavy atom. The van der Waals surface area contributed by atoms with Gasteiger partial charge in [0.25, 0.3) is 5.91 Å². The molecule has 7 heteroatoms. The lowest BCUT2D eigenvalue weighted by atomic mass is 10.1. The second-order valence-electron chi connectivity index (χ2n) is 6.46. The molecular formula is C22H20Cl2N2O3. The van der Waals surface area contributed by atoms with E-state index in [1.54, 1.807) is 42.5 Å². The molecular weight excluding hydrogens is 411 g/mol. The van der Waals surface area contributed by atoms with Crippen LogP contribution in [0.3, 0.4) is 0 Å². The van der Waals surface area contributed by atoms with Gasteiger partial charge in [0.15, 0.2) is 0 Å². The quantitative estimate of drug-likeness (QED) is 0.280. The predicted molar refractivity (Wildman–Crippen MR) is 116 cm³/mol. The highest BCUT2D eigenvalue weighted by Gasteiger charge is 2.22. The highest BCUT2D eigenvalue weighted by molar-refractivity contribution is 6.39. The molecule has 0 atom stereocenters. The number of carbonyl (C=O) groups is 2. The maximum absolute atomic E-state index is 13.3. The molecule has 150 valence electrons. The highest BCUT2D eigenvalue weighted by Crippen LogP contribution is 2.29. The van der Waals surface area contributed by atoms with Crippen molar-refractivity contribution in [1.82, 2.24) is 4.98 Å². The third kappa shape index (κ3) is 5.05. The molecule has 0 N–H and O–H groups in total. The summed E-state index contributed by atoms with van der Waals surface area (Å²) in [5.74, 6) is -0.805. The zero-order valence-electron chi connectivity index (χ0n) is 15.9. The topological polar surface area (TPSA) is 59.5 Å². The summed E-state index contributed by atoms with van der Waals surface area (Å²) in [4.78, 5) is 31.0. The number of nitrogens with zero attached hydrogens (tertiary/aromatic N) is 2. The molecule has 0 bridgehead atoms. The van der Waals surface area contributed by atoms with Crippen LogP contribution in [-0.4, -0.2) is 30.0 Å². The van der Waals surface area contributed by atoms with Gasteiger partial charge in [-0.25, -0.2) is 4.98 Å². The molecule has 29 heavy (non-hydrogen) atoms. The summed E-state index contributed by atoms with van der Waals surface area (Å²) < 4.78 is 5.24. The first-order chi connectivity index (χ1) is 14.0. The monoisotopic (exact) mass is 430 g/mol. The largest absolute Gasteiger partial charge is 0.464 e. The molecule has 0 aliphatic heterocycles. The number of fused-ring (bicyclic) bond motifs is 1. The van der Waals surface area contributed by atoms with Crippen LogP contribution in [0.15, 0.2) is 54.7 Å². The Hall–Kier alpha value is -2.63. The van der Waals surface area contributed by atoms with Crippen molar-refractivity contribution in [2.45, 2.75) is 19.8 Å². The first kappa shape index (κ1) is 21.1. The maximum atomic E-state index is 13.3. The number of esters is 1. The van der Waals surface area contributed by atoms with Gasteiger partial charge < -0.3 is 4.74 Å². The van der Waals surface area contributed by atoms with Crippen LogP contribution in [-0.2, 0) is 9.53 Å². The minimum Gasteiger partial charge on any atom is -0.464 e. The number of benzene rings is 2. The van der Waals surface area contributed by atoms with Gasteiger partial charge in [-0.1, -0.05) is 60.8 Å². The molecule has 0 aliphatic carbocycles. The van der Waals surface area contributed by atoms with Crippen LogP contribution in [0.5, 0.6) is 0 Å². The zero-order chi connectivity index (χ0) is 20.8. The Balaban J connectivity index is 1.93. The highest BCUT2D eigenvalue weighted by atomic mass is 35.5. The molecule has 1 heterocycles. The smallest absolute Gasteiger partial charge is 0.326 e. The van der Waals surface area contributed by atoms with Crippen molar-refractivity contribution in [3.63, 3.8) is 0 Å². The molecule has 0 saturated carbocycles. The summed E-state index contributed by atoms with van der Waals surface area (Å²) in [6.07, 6.45) is 3.17. The van der Waals surface area contributed by atoms with Gasteiger partial charge in [0, 0.05) is 28.2 Å².